The molecule has 0 radical (unpaired) electrons. The Morgan fingerprint density at radius 3 is 2.06 bits per heavy atom. The molecule has 100 valence electrons. The van der Waals surface area contributed by atoms with Crippen molar-refractivity contribution in [2.24, 2.45) is 5.92 Å². The summed E-state index contributed by atoms with van der Waals surface area (Å²) < 4.78 is 0. The molecule has 5 heteroatoms. The van der Waals surface area contributed by atoms with Crippen LogP contribution < -0.4 is 5.32 Å². The van der Waals surface area contributed by atoms with Crippen LogP contribution in [0.15, 0.2) is 24.4 Å². The summed E-state index contributed by atoms with van der Waals surface area (Å²) in [6.07, 6.45) is -0.145. The molecule has 0 unspecified atom stereocenters. The molecule has 0 heterocycles. The van der Waals surface area contributed by atoms with E-state index < -0.39 is 5.78 Å². The van der Waals surface area contributed by atoms with E-state index in [2.05, 4.69) is 18.5 Å². The van der Waals surface area contributed by atoms with Crippen LogP contribution in [0.2, 0.25) is 0 Å². The molecule has 1 N–H and O–H groups in total. The van der Waals surface area contributed by atoms with Crippen LogP contribution in [0.5, 0.6) is 0 Å². The van der Waals surface area contributed by atoms with E-state index in [4.69, 9.17) is 0 Å². The highest BCUT2D eigenvalue weighted by atomic mass is 16.2. The van der Waals surface area contributed by atoms with E-state index >= 15 is 0 Å². The fourth-order valence-electron chi connectivity index (χ4n) is 1.06. The molecule has 0 atom stereocenters. The van der Waals surface area contributed by atoms with Crippen LogP contribution in [-0.2, 0) is 14.4 Å². The number of ketones is 1. The largest absolute Gasteiger partial charge is 0.345 e. The van der Waals surface area contributed by atoms with Crippen molar-refractivity contribution in [2.75, 3.05) is 14.1 Å². The number of carbonyl (C=O) groups excluding carboxylic acids is 3. The summed E-state index contributed by atoms with van der Waals surface area (Å²) in [4.78, 5) is 35.9. The SMILES string of the molecule is C=C(CC(=O)C(=C)NC(=O)C(C)C)C(=O)N(C)C. The number of Topliss-reactive ketones (excluding diaryl/α,β-unsaturated/α-hetero) is 1. The smallest absolute Gasteiger partial charge is 0.249 e. The summed E-state index contributed by atoms with van der Waals surface area (Å²) in [6, 6.07) is 0. The van der Waals surface area contributed by atoms with Gasteiger partial charge in [-0.05, 0) is 0 Å². The first-order chi connectivity index (χ1) is 8.16. The highest BCUT2D eigenvalue weighted by Gasteiger charge is 2.17. The zero-order valence-electron chi connectivity index (χ0n) is 11.4. The number of carbonyl (C=O) groups is 3. The number of amides is 2. The second-order valence-electron chi connectivity index (χ2n) is 4.53. The zero-order chi connectivity index (χ0) is 14.5. The van der Waals surface area contributed by atoms with Crippen molar-refractivity contribution in [2.45, 2.75) is 20.3 Å². The summed E-state index contributed by atoms with van der Waals surface area (Å²) in [5, 5.41) is 2.40. The van der Waals surface area contributed by atoms with Gasteiger partial charge in [-0.2, -0.15) is 0 Å². The predicted molar refractivity (Wildman–Crippen MR) is 69.6 cm³/mol. The zero-order valence-corrected chi connectivity index (χ0v) is 11.4. The minimum atomic E-state index is -0.413. The molecule has 0 aliphatic rings. The molecular formula is C13H20N2O3. The van der Waals surface area contributed by atoms with Crippen molar-refractivity contribution in [3.05, 3.63) is 24.4 Å². The molecule has 0 aliphatic heterocycles. The van der Waals surface area contributed by atoms with Gasteiger partial charge < -0.3 is 10.2 Å². The highest BCUT2D eigenvalue weighted by Crippen LogP contribution is 2.06. The maximum atomic E-state index is 11.7. The summed E-state index contributed by atoms with van der Waals surface area (Å²) in [5.74, 6) is -1.24. The summed E-state index contributed by atoms with van der Waals surface area (Å²) in [6.45, 7) is 10.5. The normalized spacial score (nSPS) is 9.83. The lowest BCUT2D eigenvalue weighted by Crippen LogP contribution is -2.31. The van der Waals surface area contributed by atoms with E-state index in [0.717, 1.165) is 0 Å². The second-order valence-corrected chi connectivity index (χ2v) is 4.53. The van der Waals surface area contributed by atoms with Gasteiger partial charge in [-0.15, -0.1) is 0 Å². The number of hydrogen-bond acceptors (Lipinski definition) is 3. The number of rotatable bonds is 6. The standard InChI is InChI=1S/C13H20N2O3/c1-8(2)12(17)14-10(4)11(16)7-9(3)13(18)15(5)6/h8H,3-4,7H2,1-2,5-6H3,(H,14,17). The van der Waals surface area contributed by atoms with E-state index in [1.165, 1.54) is 4.90 Å². The number of likely N-dealkylation sites (N-methyl/N-ethyl adjacent to an activating group) is 1. The minimum absolute atomic E-state index is 0.0126. The Morgan fingerprint density at radius 1 is 1.17 bits per heavy atom. The van der Waals surface area contributed by atoms with Crippen LogP contribution in [0.25, 0.3) is 0 Å². The van der Waals surface area contributed by atoms with E-state index in [9.17, 15) is 14.4 Å². The summed E-state index contributed by atoms with van der Waals surface area (Å²) in [7, 11) is 3.15. The molecule has 0 aromatic carbocycles. The molecule has 5 nitrogen and oxygen atoms in total. The molecule has 0 aromatic heterocycles. The minimum Gasteiger partial charge on any atom is -0.345 e. The van der Waals surface area contributed by atoms with E-state index in [-0.39, 0.29) is 35.4 Å². The molecule has 2 amide bonds. The number of nitrogens with zero attached hydrogens (tertiary/aromatic N) is 1. The number of nitrogens with one attached hydrogen (secondary N) is 1. The quantitative estimate of drug-likeness (QED) is 0.713. The Hall–Kier alpha value is -1.91. The van der Waals surface area contributed by atoms with Crippen molar-refractivity contribution < 1.29 is 14.4 Å². The summed E-state index contributed by atoms with van der Waals surface area (Å²) in [5.41, 5.74) is 0.159. The monoisotopic (exact) mass is 252 g/mol. The van der Waals surface area contributed by atoms with Crippen molar-refractivity contribution >= 4 is 17.6 Å². The molecule has 0 saturated heterocycles. The van der Waals surface area contributed by atoms with Gasteiger partial charge in [0.25, 0.3) is 0 Å². The Kier molecular flexibility index (Phi) is 6.02. The fourth-order valence-corrected chi connectivity index (χ4v) is 1.06. The highest BCUT2D eigenvalue weighted by molar-refractivity contribution is 6.05. The van der Waals surface area contributed by atoms with Gasteiger partial charge in [-0.1, -0.05) is 27.0 Å². The van der Waals surface area contributed by atoms with Crippen LogP contribution in [0, 0.1) is 5.92 Å². The van der Waals surface area contributed by atoms with Gasteiger partial charge >= 0.3 is 0 Å². The lowest BCUT2D eigenvalue weighted by molar-refractivity contribution is -0.126. The third kappa shape index (κ3) is 4.95. The second kappa shape index (κ2) is 6.74. The average Bonchev–Trinajstić information content (AvgIpc) is 2.26. The maximum Gasteiger partial charge on any atom is 0.249 e. The molecule has 0 aliphatic carbocycles. The Morgan fingerprint density at radius 2 is 1.67 bits per heavy atom. The number of allylic oxidation sites excluding steroid dienone is 1. The van der Waals surface area contributed by atoms with Gasteiger partial charge in [0.15, 0.2) is 5.78 Å². The first kappa shape index (κ1) is 16.1. The average molecular weight is 252 g/mol. The molecular weight excluding hydrogens is 232 g/mol. The Bertz CT molecular complexity index is 395. The van der Waals surface area contributed by atoms with Gasteiger partial charge in [-0.25, -0.2) is 0 Å². The molecule has 0 rings (SSSR count). The lowest BCUT2D eigenvalue weighted by atomic mass is 10.1. The van der Waals surface area contributed by atoms with Gasteiger partial charge in [0, 0.05) is 32.0 Å². The predicted octanol–water partition coefficient (Wildman–Crippen LogP) is 0.876. The van der Waals surface area contributed by atoms with E-state index in [0.29, 0.717) is 0 Å². The van der Waals surface area contributed by atoms with Crippen LogP contribution in [-0.4, -0.2) is 36.6 Å². The van der Waals surface area contributed by atoms with Crippen LogP contribution in [0.1, 0.15) is 20.3 Å². The first-order valence-electron chi connectivity index (χ1n) is 5.59. The number of hydrogen-bond donors (Lipinski definition) is 1. The summed E-state index contributed by atoms with van der Waals surface area (Å²) >= 11 is 0. The molecule has 0 saturated carbocycles. The van der Waals surface area contributed by atoms with Gasteiger partial charge in [-0.3, -0.25) is 14.4 Å². The molecule has 0 fully saturated rings. The topological polar surface area (TPSA) is 66.5 Å². The van der Waals surface area contributed by atoms with Crippen molar-refractivity contribution in [1.82, 2.24) is 10.2 Å². The van der Waals surface area contributed by atoms with Crippen LogP contribution in [0.3, 0.4) is 0 Å². The molecule has 0 aromatic rings. The van der Waals surface area contributed by atoms with Crippen molar-refractivity contribution in [3.8, 4) is 0 Å². The fraction of sp³-hybridized carbons (Fsp3) is 0.462. The lowest BCUT2D eigenvalue weighted by Gasteiger charge is -2.13. The van der Waals surface area contributed by atoms with Gasteiger partial charge in [0.1, 0.15) is 0 Å². The Balaban J connectivity index is 4.42. The Labute approximate surface area is 108 Å². The third-order valence-corrected chi connectivity index (χ3v) is 2.22. The van der Waals surface area contributed by atoms with E-state index in [1.807, 2.05) is 0 Å². The van der Waals surface area contributed by atoms with Crippen molar-refractivity contribution in [1.29, 1.82) is 0 Å². The van der Waals surface area contributed by atoms with Crippen LogP contribution in [0.4, 0.5) is 0 Å². The molecule has 0 spiro atoms. The van der Waals surface area contributed by atoms with Gasteiger partial charge in [0.05, 0.1) is 5.70 Å². The van der Waals surface area contributed by atoms with E-state index in [1.54, 1.807) is 27.9 Å². The third-order valence-electron chi connectivity index (χ3n) is 2.22. The first-order valence-corrected chi connectivity index (χ1v) is 5.59. The maximum absolute atomic E-state index is 11.7. The van der Waals surface area contributed by atoms with Crippen LogP contribution >= 0.6 is 0 Å². The van der Waals surface area contributed by atoms with Crippen molar-refractivity contribution in [3.63, 3.8) is 0 Å². The van der Waals surface area contributed by atoms with Gasteiger partial charge in [0.2, 0.25) is 11.8 Å². The molecule has 18 heavy (non-hydrogen) atoms. The molecule has 0 bridgehead atoms.